The van der Waals surface area contributed by atoms with E-state index < -0.39 is 0 Å². The molecule has 0 amide bonds. The molecular weight excluding hydrogens is 191 g/mol. The fraction of sp³-hybridized carbons (Fsp3) is 0.167. The normalized spacial score (nSPS) is 14.7. The lowest BCUT2D eigenvalue weighted by atomic mass is 10.2. The van der Waals surface area contributed by atoms with Gasteiger partial charge in [-0.3, -0.25) is 0 Å². The minimum atomic E-state index is -0.204. The number of hydrogen-bond donors (Lipinski definition) is 2. The van der Waals surface area contributed by atoms with Gasteiger partial charge in [0.05, 0.1) is 5.70 Å². The van der Waals surface area contributed by atoms with Crippen LogP contribution in [0.25, 0.3) is 0 Å². The van der Waals surface area contributed by atoms with E-state index in [0.29, 0.717) is 6.54 Å². The molecule has 2 nitrogen and oxygen atoms in total. The van der Waals surface area contributed by atoms with Gasteiger partial charge in [-0.1, -0.05) is 18.7 Å². The predicted molar refractivity (Wildman–Crippen MR) is 58.5 cm³/mol. The van der Waals surface area contributed by atoms with Crippen LogP contribution in [0.15, 0.2) is 48.3 Å². The molecule has 1 aromatic rings. The Bertz CT molecular complexity index is 393. The average Bonchev–Trinajstić information content (AvgIpc) is 2.63. The van der Waals surface area contributed by atoms with Crippen molar-refractivity contribution in [2.24, 2.45) is 0 Å². The highest BCUT2D eigenvalue weighted by Gasteiger charge is 2.07. The van der Waals surface area contributed by atoms with Crippen molar-refractivity contribution in [2.75, 3.05) is 6.54 Å². The van der Waals surface area contributed by atoms with Gasteiger partial charge < -0.3 is 10.6 Å². The summed E-state index contributed by atoms with van der Waals surface area (Å²) in [5.74, 6) is -0.204. The fourth-order valence-electron chi connectivity index (χ4n) is 1.45. The van der Waals surface area contributed by atoms with Crippen LogP contribution in [0.5, 0.6) is 0 Å². The van der Waals surface area contributed by atoms with E-state index in [1.807, 2.05) is 6.20 Å². The van der Waals surface area contributed by atoms with E-state index in [2.05, 4.69) is 17.2 Å². The van der Waals surface area contributed by atoms with Crippen LogP contribution < -0.4 is 10.6 Å². The van der Waals surface area contributed by atoms with Crippen LogP contribution in [0.4, 0.5) is 4.39 Å². The summed E-state index contributed by atoms with van der Waals surface area (Å²) in [6.45, 7) is 5.39. The second-order valence-electron chi connectivity index (χ2n) is 3.52. The van der Waals surface area contributed by atoms with E-state index in [-0.39, 0.29) is 5.82 Å². The number of halogens is 1. The molecule has 78 valence electrons. The smallest absolute Gasteiger partial charge is 0.123 e. The van der Waals surface area contributed by atoms with Crippen molar-refractivity contribution in [1.82, 2.24) is 10.6 Å². The molecule has 1 heterocycles. The van der Waals surface area contributed by atoms with Crippen molar-refractivity contribution < 1.29 is 4.39 Å². The van der Waals surface area contributed by atoms with Gasteiger partial charge >= 0.3 is 0 Å². The Morgan fingerprint density at radius 3 is 2.67 bits per heavy atom. The summed E-state index contributed by atoms with van der Waals surface area (Å²) in [6.07, 6.45) is 1.91. The molecule has 0 aliphatic carbocycles. The molecule has 0 bridgehead atoms. The van der Waals surface area contributed by atoms with Crippen molar-refractivity contribution >= 4 is 0 Å². The third kappa shape index (κ3) is 2.37. The van der Waals surface area contributed by atoms with Gasteiger partial charge in [0.25, 0.3) is 0 Å². The molecule has 1 aliphatic heterocycles. The van der Waals surface area contributed by atoms with Crippen LogP contribution in [0.3, 0.4) is 0 Å². The molecule has 0 unspecified atom stereocenters. The number of hydrogen-bond acceptors (Lipinski definition) is 2. The first-order chi connectivity index (χ1) is 7.25. The van der Waals surface area contributed by atoms with Gasteiger partial charge in [0.2, 0.25) is 0 Å². The fourth-order valence-corrected chi connectivity index (χ4v) is 1.45. The SMILES string of the molecule is C=C1CNC=C1NCc1ccc(F)cc1. The van der Waals surface area contributed by atoms with Gasteiger partial charge in [0, 0.05) is 19.3 Å². The lowest BCUT2D eigenvalue weighted by Gasteiger charge is -2.07. The van der Waals surface area contributed by atoms with Crippen molar-refractivity contribution in [1.29, 1.82) is 0 Å². The minimum Gasteiger partial charge on any atom is -0.385 e. The Kier molecular flexibility index (Phi) is 2.72. The highest BCUT2D eigenvalue weighted by molar-refractivity contribution is 5.32. The Morgan fingerprint density at radius 1 is 1.33 bits per heavy atom. The zero-order chi connectivity index (χ0) is 10.7. The molecule has 0 aromatic heterocycles. The van der Waals surface area contributed by atoms with Crippen LogP contribution in [0.1, 0.15) is 5.56 Å². The summed E-state index contributed by atoms with van der Waals surface area (Å²) in [5.41, 5.74) is 3.13. The van der Waals surface area contributed by atoms with Crippen LogP contribution in [0.2, 0.25) is 0 Å². The number of rotatable bonds is 3. The van der Waals surface area contributed by atoms with Crippen LogP contribution in [-0.4, -0.2) is 6.54 Å². The molecular formula is C12H13FN2. The maximum atomic E-state index is 12.6. The zero-order valence-corrected chi connectivity index (χ0v) is 8.39. The van der Waals surface area contributed by atoms with Gasteiger partial charge in [-0.25, -0.2) is 4.39 Å². The van der Waals surface area contributed by atoms with E-state index in [9.17, 15) is 4.39 Å². The van der Waals surface area contributed by atoms with Crippen molar-refractivity contribution in [3.05, 3.63) is 59.7 Å². The highest BCUT2D eigenvalue weighted by atomic mass is 19.1. The van der Waals surface area contributed by atoms with Crippen molar-refractivity contribution in [2.45, 2.75) is 6.54 Å². The second-order valence-corrected chi connectivity index (χ2v) is 3.52. The number of nitrogens with one attached hydrogen (secondary N) is 2. The third-order valence-electron chi connectivity index (χ3n) is 2.34. The van der Waals surface area contributed by atoms with E-state index in [4.69, 9.17) is 0 Å². The van der Waals surface area contributed by atoms with Crippen LogP contribution >= 0.6 is 0 Å². The summed E-state index contributed by atoms with van der Waals surface area (Å²) in [7, 11) is 0. The zero-order valence-electron chi connectivity index (χ0n) is 8.39. The summed E-state index contributed by atoms with van der Waals surface area (Å²) < 4.78 is 12.6. The average molecular weight is 204 g/mol. The molecule has 2 rings (SSSR count). The highest BCUT2D eigenvalue weighted by Crippen LogP contribution is 2.09. The molecule has 2 N–H and O–H groups in total. The Balaban J connectivity index is 1.93. The summed E-state index contributed by atoms with van der Waals surface area (Å²) in [6, 6.07) is 6.47. The predicted octanol–water partition coefficient (Wildman–Crippen LogP) is 1.92. The molecule has 0 saturated carbocycles. The Labute approximate surface area is 88.5 Å². The largest absolute Gasteiger partial charge is 0.385 e. The van der Waals surface area contributed by atoms with E-state index >= 15 is 0 Å². The van der Waals surface area contributed by atoms with Gasteiger partial charge in [0.15, 0.2) is 0 Å². The van der Waals surface area contributed by atoms with E-state index in [1.54, 1.807) is 12.1 Å². The monoisotopic (exact) mass is 204 g/mol. The molecule has 1 aliphatic rings. The van der Waals surface area contributed by atoms with Gasteiger partial charge in [-0.15, -0.1) is 0 Å². The van der Waals surface area contributed by atoms with E-state index in [0.717, 1.165) is 23.4 Å². The molecule has 0 radical (unpaired) electrons. The summed E-state index contributed by atoms with van der Waals surface area (Å²) in [4.78, 5) is 0. The number of benzene rings is 1. The van der Waals surface area contributed by atoms with Crippen LogP contribution in [-0.2, 0) is 6.54 Å². The lowest BCUT2D eigenvalue weighted by Crippen LogP contribution is -2.12. The first kappa shape index (κ1) is 9.77. The molecule has 0 atom stereocenters. The summed E-state index contributed by atoms with van der Waals surface area (Å²) in [5, 5.41) is 6.33. The van der Waals surface area contributed by atoms with Crippen molar-refractivity contribution in [3.63, 3.8) is 0 Å². The first-order valence-electron chi connectivity index (χ1n) is 4.86. The second kappa shape index (κ2) is 4.17. The maximum absolute atomic E-state index is 12.6. The minimum absolute atomic E-state index is 0.204. The lowest BCUT2D eigenvalue weighted by molar-refractivity contribution is 0.626. The standard InChI is InChI=1S/C12H13FN2/c1-9-6-14-8-12(9)15-7-10-2-4-11(13)5-3-10/h2-5,8,14-15H,1,6-7H2. The topological polar surface area (TPSA) is 24.1 Å². The third-order valence-corrected chi connectivity index (χ3v) is 2.34. The maximum Gasteiger partial charge on any atom is 0.123 e. The molecule has 0 spiro atoms. The van der Waals surface area contributed by atoms with Crippen LogP contribution in [0, 0.1) is 5.82 Å². The molecule has 0 saturated heterocycles. The Morgan fingerprint density at radius 2 is 2.07 bits per heavy atom. The molecule has 15 heavy (non-hydrogen) atoms. The first-order valence-corrected chi connectivity index (χ1v) is 4.86. The van der Waals surface area contributed by atoms with E-state index in [1.165, 1.54) is 12.1 Å². The van der Waals surface area contributed by atoms with Gasteiger partial charge in [-0.2, -0.15) is 0 Å². The quantitative estimate of drug-likeness (QED) is 0.786. The van der Waals surface area contributed by atoms with Gasteiger partial charge in [-0.05, 0) is 23.3 Å². The van der Waals surface area contributed by atoms with Crippen molar-refractivity contribution in [3.8, 4) is 0 Å². The molecule has 1 aromatic carbocycles. The summed E-state index contributed by atoms with van der Waals surface area (Å²) >= 11 is 0. The molecule has 0 fully saturated rings. The van der Waals surface area contributed by atoms with Gasteiger partial charge in [0.1, 0.15) is 5.82 Å². The molecule has 3 heteroatoms. The Hall–Kier alpha value is -1.77.